The van der Waals surface area contributed by atoms with Crippen LogP contribution in [0.4, 0.5) is 4.79 Å². The normalized spacial score (nSPS) is 17.2. The molecule has 0 saturated carbocycles. The van der Waals surface area contributed by atoms with Crippen LogP contribution < -0.4 is 20.1 Å². The summed E-state index contributed by atoms with van der Waals surface area (Å²) in [7, 11) is -1.52. The highest BCUT2D eigenvalue weighted by molar-refractivity contribution is 8.25. The van der Waals surface area contributed by atoms with E-state index >= 15 is 0 Å². The van der Waals surface area contributed by atoms with Gasteiger partial charge in [-0.2, -0.15) is 0 Å². The van der Waals surface area contributed by atoms with E-state index < -0.39 is 25.1 Å². The summed E-state index contributed by atoms with van der Waals surface area (Å²) >= 11 is 0.460. The van der Waals surface area contributed by atoms with Crippen LogP contribution in [0.2, 0.25) is 0 Å². The SMILES string of the molecule is COc1ccc(S(=O)(=O)C2(CCCC#Cc3cc(C(=O)NC(C)(C)C)ccc3C)SC(=O)NC2=O)cc1OC. The number of hydrogen-bond donors (Lipinski definition) is 2. The number of amides is 3. The number of thioether (sulfide) groups is 1. The summed E-state index contributed by atoms with van der Waals surface area (Å²) in [5, 5.41) is 4.31. The van der Waals surface area contributed by atoms with Gasteiger partial charge in [-0.05, 0) is 82.1 Å². The number of nitrogens with one attached hydrogen (secondary N) is 2. The van der Waals surface area contributed by atoms with E-state index in [-0.39, 0.29) is 41.4 Å². The van der Waals surface area contributed by atoms with Crippen molar-refractivity contribution in [3.05, 3.63) is 53.1 Å². The Kier molecular flexibility index (Phi) is 9.03. The van der Waals surface area contributed by atoms with Gasteiger partial charge < -0.3 is 14.8 Å². The minimum atomic E-state index is -4.31. The molecule has 9 nitrogen and oxygen atoms in total. The van der Waals surface area contributed by atoms with Crippen LogP contribution in [0.3, 0.4) is 0 Å². The van der Waals surface area contributed by atoms with Crippen molar-refractivity contribution >= 4 is 38.7 Å². The predicted molar refractivity (Wildman–Crippen MR) is 150 cm³/mol. The first-order valence-electron chi connectivity index (χ1n) is 12.2. The number of imide groups is 1. The van der Waals surface area contributed by atoms with Gasteiger partial charge in [0.25, 0.3) is 17.1 Å². The van der Waals surface area contributed by atoms with Gasteiger partial charge in [-0.15, -0.1) is 0 Å². The molecule has 0 spiro atoms. The highest BCUT2D eigenvalue weighted by atomic mass is 32.3. The van der Waals surface area contributed by atoms with Gasteiger partial charge in [0, 0.05) is 29.2 Å². The first-order valence-corrected chi connectivity index (χ1v) is 14.5. The van der Waals surface area contributed by atoms with Crippen molar-refractivity contribution in [3.8, 4) is 23.3 Å². The maximum atomic E-state index is 13.7. The molecule has 0 aliphatic carbocycles. The van der Waals surface area contributed by atoms with Gasteiger partial charge in [0.05, 0.1) is 19.1 Å². The molecule has 2 aromatic carbocycles. The Balaban J connectivity index is 1.82. The van der Waals surface area contributed by atoms with E-state index in [0.717, 1.165) is 5.56 Å². The number of benzene rings is 2. The van der Waals surface area contributed by atoms with Crippen LogP contribution in [-0.4, -0.2) is 49.3 Å². The second kappa shape index (κ2) is 11.7. The molecule has 208 valence electrons. The molecule has 2 N–H and O–H groups in total. The number of carbonyl (C=O) groups is 3. The number of ether oxygens (including phenoxy) is 2. The lowest BCUT2D eigenvalue weighted by Crippen LogP contribution is -2.43. The van der Waals surface area contributed by atoms with Gasteiger partial charge in [0.1, 0.15) is 0 Å². The summed E-state index contributed by atoms with van der Waals surface area (Å²) in [6.07, 6.45) is 0.368. The van der Waals surface area contributed by atoms with Gasteiger partial charge in [-0.25, -0.2) is 8.42 Å². The number of methoxy groups -OCH3 is 2. The topological polar surface area (TPSA) is 128 Å². The minimum Gasteiger partial charge on any atom is -0.493 e. The fourth-order valence-corrected chi connectivity index (χ4v) is 7.32. The molecule has 1 heterocycles. The standard InChI is InChI=1S/C28H32N2O7S2/c1-18-11-12-20(24(31)30-27(2,3)4)16-19(18)10-8-7-9-15-28(25(32)29-26(33)38-28)39(34,35)21-13-14-22(36-5)23(17-21)37-6/h11-14,16-17H,7,9,15H2,1-6H3,(H,30,31)(H,29,32,33). The van der Waals surface area contributed by atoms with Crippen molar-refractivity contribution in [2.24, 2.45) is 0 Å². The molecule has 1 aliphatic rings. The van der Waals surface area contributed by atoms with Crippen LogP contribution in [0, 0.1) is 18.8 Å². The van der Waals surface area contributed by atoms with Crippen LogP contribution in [0.15, 0.2) is 41.3 Å². The third kappa shape index (κ3) is 6.57. The minimum absolute atomic E-state index is 0.131. The zero-order chi connectivity index (χ0) is 29.0. The Hall–Kier alpha value is -3.49. The maximum Gasteiger partial charge on any atom is 0.287 e. The second-order valence-electron chi connectivity index (χ2n) is 10.0. The smallest absolute Gasteiger partial charge is 0.287 e. The lowest BCUT2D eigenvalue weighted by Gasteiger charge is -2.24. The molecular weight excluding hydrogens is 540 g/mol. The Morgan fingerprint density at radius 1 is 1.08 bits per heavy atom. The van der Waals surface area contributed by atoms with E-state index in [1.165, 1.54) is 32.4 Å². The molecule has 1 atom stereocenters. The fourth-order valence-electron chi connectivity index (χ4n) is 3.94. The number of hydrogen-bond acceptors (Lipinski definition) is 8. The van der Waals surface area contributed by atoms with Crippen LogP contribution in [0.25, 0.3) is 0 Å². The van der Waals surface area contributed by atoms with Crippen LogP contribution in [0.5, 0.6) is 11.5 Å². The van der Waals surface area contributed by atoms with E-state index in [2.05, 4.69) is 22.5 Å². The molecule has 1 saturated heterocycles. The molecule has 0 aromatic heterocycles. The number of carbonyl (C=O) groups excluding carboxylic acids is 3. The van der Waals surface area contributed by atoms with Gasteiger partial charge in [0.2, 0.25) is 13.9 Å². The first kappa shape index (κ1) is 30.1. The molecular formula is C28H32N2O7S2. The number of sulfone groups is 1. The van der Waals surface area contributed by atoms with Crippen molar-refractivity contribution < 1.29 is 32.3 Å². The quantitative estimate of drug-likeness (QED) is 0.356. The summed E-state index contributed by atoms with van der Waals surface area (Å²) in [6, 6.07) is 9.29. The van der Waals surface area contributed by atoms with Gasteiger partial charge in [0.15, 0.2) is 11.5 Å². The number of rotatable bonds is 8. The van der Waals surface area contributed by atoms with Crippen molar-refractivity contribution in [1.29, 1.82) is 0 Å². The van der Waals surface area contributed by atoms with Crippen LogP contribution >= 0.6 is 11.8 Å². The molecule has 2 aromatic rings. The Morgan fingerprint density at radius 2 is 1.77 bits per heavy atom. The van der Waals surface area contributed by atoms with Crippen molar-refractivity contribution in [1.82, 2.24) is 10.6 Å². The molecule has 11 heteroatoms. The van der Waals surface area contributed by atoms with Crippen molar-refractivity contribution in [3.63, 3.8) is 0 Å². The maximum absolute atomic E-state index is 13.7. The van der Waals surface area contributed by atoms with E-state index in [1.807, 2.05) is 33.8 Å². The summed E-state index contributed by atoms with van der Waals surface area (Å²) in [5.41, 5.74) is 1.66. The summed E-state index contributed by atoms with van der Waals surface area (Å²) < 4.78 is 35.8. The second-order valence-corrected chi connectivity index (χ2v) is 13.7. The molecule has 1 aliphatic heterocycles. The Labute approximate surface area is 233 Å². The predicted octanol–water partition coefficient (Wildman–Crippen LogP) is 4.22. The van der Waals surface area contributed by atoms with Crippen LogP contribution in [0.1, 0.15) is 61.5 Å². The highest BCUT2D eigenvalue weighted by Gasteiger charge is 2.58. The third-order valence-corrected chi connectivity index (χ3v) is 9.98. The monoisotopic (exact) mass is 572 g/mol. The van der Waals surface area contributed by atoms with E-state index in [1.54, 1.807) is 12.1 Å². The molecule has 0 radical (unpaired) electrons. The Bertz CT molecular complexity index is 1470. The molecule has 1 fully saturated rings. The van der Waals surface area contributed by atoms with Gasteiger partial charge in [-0.1, -0.05) is 17.9 Å². The van der Waals surface area contributed by atoms with E-state index in [0.29, 0.717) is 28.6 Å². The highest BCUT2D eigenvalue weighted by Crippen LogP contribution is 2.45. The average molecular weight is 573 g/mol. The molecule has 1 unspecified atom stereocenters. The number of aryl methyl sites for hydroxylation is 1. The van der Waals surface area contributed by atoms with E-state index in [4.69, 9.17) is 9.47 Å². The van der Waals surface area contributed by atoms with Gasteiger partial charge in [-0.3, -0.25) is 19.7 Å². The fraction of sp³-hybridized carbons (Fsp3) is 0.393. The lowest BCUT2D eigenvalue weighted by atomic mass is 10.0. The third-order valence-electron chi connectivity index (χ3n) is 5.94. The molecule has 3 amide bonds. The summed E-state index contributed by atoms with van der Waals surface area (Å²) in [6.45, 7) is 7.57. The molecule has 3 rings (SSSR count). The van der Waals surface area contributed by atoms with Crippen LogP contribution in [-0.2, 0) is 14.6 Å². The van der Waals surface area contributed by atoms with Crippen molar-refractivity contribution in [2.45, 2.75) is 61.5 Å². The zero-order valence-electron chi connectivity index (χ0n) is 22.8. The summed E-state index contributed by atoms with van der Waals surface area (Å²) in [5.74, 6) is 5.48. The zero-order valence-corrected chi connectivity index (χ0v) is 24.4. The average Bonchev–Trinajstić information content (AvgIpc) is 3.17. The van der Waals surface area contributed by atoms with Gasteiger partial charge >= 0.3 is 0 Å². The van der Waals surface area contributed by atoms with E-state index in [9.17, 15) is 22.8 Å². The summed E-state index contributed by atoms with van der Waals surface area (Å²) in [4.78, 5) is 37.4. The van der Waals surface area contributed by atoms with Crippen molar-refractivity contribution in [2.75, 3.05) is 14.2 Å². The molecule has 39 heavy (non-hydrogen) atoms. The lowest BCUT2D eigenvalue weighted by molar-refractivity contribution is -0.120. The largest absolute Gasteiger partial charge is 0.493 e. The molecule has 0 bridgehead atoms. The first-order chi connectivity index (χ1) is 18.2. The number of unbranched alkanes of at least 4 members (excludes halogenated alkanes) is 1. The Morgan fingerprint density at radius 3 is 2.36 bits per heavy atom.